The van der Waals surface area contributed by atoms with Crippen molar-refractivity contribution in [2.24, 2.45) is 0 Å². The van der Waals surface area contributed by atoms with Crippen molar-refractivity contribution in [3.8, 4) is 12.3 Å². The van der Waals surface area contributed by atoms with E-state index in [-0.39, 0.29) is 4.90 Å². The summed E-state index contributed by atoms with van der Waals surface area (Å²) in [5, 5.41) is 0. The summed E-state index contributed by atoms with van der Waals surface area (Å²) in [4.78, 5) is 2.33. The fourth-order valence-electron chi connectivity index (χ4n) is 2.33. The van der Waals surface area contributed by atoms with Gasteiger partial charge in [0, 0.05) is 31.9 Å². The van der Waals surface area contributed by atoms with Crippen LogP contribution in [0.4, 0.5) is 5.69 Å². The van der Waals surface area contributed by atoms with Crippen molar-refractivity contribution in [3.05, 3.63) is 23.8 Å². The van der Waals surface area contributed by atoms with Crippen molar-refractivity contribution in [3.63, 3.8) is 0 Å². The summed E-state index contributed by atoms with van der Waals surface area (Å²) in [5.41, 5.74) is 7.04. The number of benzene rings is 1. The van der Waals surface area contributed by atoms with Gasteiger partial charge in [-0.3, -0.25) is 4.90 Å². The number of terminal acetylenes is 1. The molecule has 1 aromatic rings. The maximum atomic E-state index is 12.6. The van der Waals surface area contributed by atoms with Gasteiger partial charge in [0.1, 0.15) is 0 Å². The molecule has 108 valence electrons. The van der Waals surface area contributed by atoms with Crippen molar-refractivity contribution in [2.45, 2.75) is 11.8 Å². The van der Waals surface area contributed by atoms with Gasteiger partial charge in [-0.1, -0.05) is 5.92 Å². The Morgan fingerprint density at radius 2 is 1.90 bits per heavy atom. The number of piperazine rings is 1. The van der Waals surface area contributed by atoms with Crippen LogP contribution < -0.4 is 5.73 Å². The van der Waals surface area contributed by atoms with Gasteiger partial charge in [0.15, 0.2) is 0 Å². The molecule has 0 aromatic heterocycles. The second-order valence-electron chi connectivity index (χ2n) is 4.96. The van der Waals surface area contributed by atoms with Crippen LogP contribution >= 0.6 is 0 Å². The van der Waals surface area contributed by atoms with Gasteiger partial charge < -0.3 is 5.73 Å². The molecule has 1 fully saturated rings. The first kappa shape index (κ1) is 14.9. The molecular weight excluding hydrogens is 274 g/mol. The van der Waals surface area contributed by atoms with Crippen LogP contribution in [0.2, 0.25) is 0 Å². The number of rotatable bonds is 3. The third kappa shape index (κ3) is 3.12. The lowest BCUT2D eigenvalue weighted by molar-refractivity contribution is 0.207. The Kier molecular flexibility index (Phi) is 4.33. The maximum absolute atomic E-state index is 12.6. The minimum atomic E-state index is -3.47. The molecule has 1 saturated heterocycles. The van der Waals surface area contributed by atoms with E-state index in [9.17, 15) is 8.42 Å². The molecule has 0 radical (unpaired) electrons. The van der Waals surface area contributed by atoms with Crippen LogP contribution in [0.25, 0.3) is 0 Å². The molecule has 0 amide bonds. The van der Waals surface area contributed by atoms with Gasteiger partial charge in [0.2, 0.25) is 10.0 Å². The van der Waals surface area contributed by atoms with E-state index in [1.165, 1.54) is 10.4 Å². The molecule has 0 atom stereocenters. The van der Waals surface area contributed by atoms with Crippen LogP contribution in [0.1, 0.15) is 5.56 Å². The number of aryl methyl sites for hydroxylation is 1. The lowest BCUT2D eigenvalue weighted by Crippen LogP contribution is -2.48. The number of hydrogen-bond donors (Lipinski definition) is 1. The number of hydrogen-bond acceptors (Lipinski definition) is 4. The zero-order valence-electron chi connectivity index (χ0n) is 11.5. The van der Waals surface area contributed by atoms with E-state index < -0.39 is 10.0 Å². The summed E-state index contributed by atoms with van der Waals surface area (Å²) in [7, 11) is -3.47. The van der Waals surface area contributed by atoms with Gasteiger partial charge >= 0.3 is 0 Å². The van der Waals surface area contributed by atoms with E-state index in [2.05, 4.69) is 10.8 Å². The minimum Gasteiger partial charge on any atom is -0.399 e. The van der Waals surface area contributed by atoms with Crippen molar-refractivity contribution in [1.29, 1.82) is 0 Å². The molecule has 2 rings (SSSR count). The van der Waals surface area contributed by atoms with Crippen LogP contribution in [0.5, 0.6) is 0 Å². The predicted molar refractivity (Wildman–Crippen MR) is 79.6 cm³/mol. The molecular formula is C14H19N3O2S. The second-order valence-corrected chi connectivity index (χ2v) is 6.90. The first-order valence-corrected chi connectivity index (χ1v) is 7.90. The zero-order valence-corrected chi connectivity index (χ0v) is 12.4. The van der Waals surface area contributed by atoms with Crippen LogP contribution in [0, 0.1) is 19.3 Å². The molecule has 1 heterocycles. The Labute approximate surface area is 120 Å². The average Bonchev–Trinajstić information content (AvgIpc) is 2.38. The third-order valence-corrected chi connectivity index (χ3v) is 5.23. The molecule has 20 heavy (non-hydrogen) atoms. The van der Waals surface area contributed by atoms with Gasteiger partial charge in [-0.05, 0) is 30.7 Å². The Bertz CT molecular complexity index is 606. The lowest BCUT2D eigenvalue weighted by Gasteiger charge is -2.32. The fourth-order valence-corrected chi connectivity index (χ4v) is 3.89. The monoisotopic (exact) mass is 293 g/mol. The minimum absolute atomic E-state index is 0.264. The number of sulfonamides is 1. The van der Waals surface area contributed by atoms with Gasteiger partial charge in [-0.25, -0.2) is 8.42 Å². The van der Waals surface area contributed by atoms with Crippen LogP contribution in [-0.4, -0.2) is 50.3 Å². The van der Waals surface area contributed by atoms with Gasteiger partial charge in [-0.15, -0.1) is 6.42 Å². The summed E-state index contributed by atoms with van der Waals surface area (Å²) in [5.74, 6) is 2.58. The highest BCUT2D eigenvalue weighted by atomic mass is 32.2. The SMILES string of the molecule is C#CCN1CCN(S(=O)(=O)c2cc(C)cc(N)c2)CC1. The number of nitrogens with two attached hydrogens (primary N) is 1. The molecule has 0 aliphatic carbocycles. The zero-order chi connectivity index (χ0) is 14.8. The summed E-state index contributed by atoms with van der Waals surface area (Å²) < 4.78 is 26.6. The van der Waals surface area contributed by atoms with Gasteiger partial charge in [0.25, 0.3) is 0 Å². The summed E-state index contributed by atoms with van der Waals surface area (Å²) in [6, 6.07) is 4.92. The van der Waals surface area contributed by atoms with Gasteiger partial charge in [0.05, 0.1) is 11.4 Å². The van der Waals surface area contributed by atoms with E-state index in [0.717, 1.165) is 5.56 Å². The average molecular weight is 293 g/mol. The summed E-state index contributed by atoms with van der Waals surface area (Å²) in [6.07, 6.45) is 5.27. The highest BCUT2D eigenvalue weighted by Gasteiger charge is 2.28. The Morgan fingerprint density at radius 1 is 1.25 bits per heavy atom. The normalized spacial score (nSPS) is 17.8. The Morgan fingerprint density at radius 3 is 2.45 bits per heavy atom. The second kappa shape index (κ2) is 5.83. The van der Waals surface area contributed by atoms with E-state index in [4.69, 9.17) is 12.2 Å². The van der Waals surface area contributed by atoms with Crippen molar-refractivity contribution in [2.75, 3.05) is 38.5 Å². The van der Waals surface area contributed by atoms with E-state index in [1.807, 2.05) is 6.92 Å². The van der Waals surface area contributed by atoms with Crippen LogP contribution in [0.3, 0.4) is 0 Å². The summed E-state index contributed by atoms with van der Waals surface area (Å²) in [6.45, 7) is 4.62. The van der Waals surface area contributed by atoms with E-state index >= 15 is 0 Å². The quantitative estimate of drug-likeness (QED) is 0.651. The van der Waals surface area contributed by atoms with E-state index in [0.29, 0.717) is 38.4 Å². The summed E-state index contributed by atoms with van der Waals surface area (Å²) >= 11 is 0. The maximum Gasteiger partial charge on any atom is 0.243 e. The topological polar surface area (TPSA) is 66.6 Å². The van der Waals surface area contributed by atoms with Gasteiger partial charge in [-0.2, -0.15) is 4.31 Å². The van der Waals surface area contributed by atoms with Crippen LogP contribution in [0.15, 0.2) is 23.1 Å². The molecule has 0 spiro atoms. The first-order valence-electron chi connectivity index (χ1n) is 6.46. The molecule has 1 aliphatic rings. The number of nitrogens with zero attached hydrogens (tertiary/aromatic N) is 2. The van der Waals surface area contributed by atoms with E-state index in [1.54, 1.807) is 12.1 Å². The molecule has 0 saturated carbocycles. The molecule has 0 bridgehead atoms. The molecule has 2 N–H and O–H groups in total. The molecule has 5 nitrogen and oxygen atoms in total. The lowest BCUT2D eigenvalue weighted by atomic mass is 10.2. The van der Waals surface area contributed by atoms with Crippen molar-refractivity contribution in [1.82, 2.24) is 9.21 Å². The standard InChI is InChI=1S/C14H19N3O2S/c1-3-4-16-5-7-17(8-6-16)20(18,19)14-10-12(2)9-13(15)11-14/h1,9-11H,4-8,15H2,2H3. The van der Waals surface area contributed by atoms with Crippen molar-refractivity contribution >= 4 is 15.7 Å². The fraction of sp³-hybridized carbons (Fsp3) is 0.429. The van der Waals surface area contributed by atoms with Crippen LogP contribution in [-0.2, 0) is 10.0 Å². The predicted octanol–water partition coefficient (Wildman–Crippen LogP) is 0.517. The first-order chi connectivity index (χ1) is 9.43. The molecule has 0 unspecified atom stereocenters. The molecule has 1 aliphatic heterocycles. The third-order valence-electron chi connectivity index (χ3n) is 3.36. The molecule has 6 heteroatoms. The smallest absolute Gasteiger partial charge is 0.243 e. The number of anilines is 1. The molecule has 1 aromatic carbocycles. The Balaban J connectivity index is 2.18. The highest BCUT2D eigenvalue weighted by Crippen LogP contribution is 2.21. The number of nitrogen functional groups attached to an aromatic ring is 1. The highest BCUT2D eigenvalue weighted by molar-refractivity contribution is 7.89. The largest absolute Gasteiger partial charge is 0.399 e. The van der Waals surface area contributed by atoms with Crippen molar-refractivity contribution < 1.29 is 8.42 Å². The Hall–Kier alpha value is -1.55.